The summed E-state index contributed by atoms with van der Waals surface area (Å²) < 4.78 is 18.7. The maximum Gasteiger partial charge on any atom is 0.302 e. The van der Waals surface area contributed by atoms with Crippen molar-refractivity contribution in [2.75, 3.05) is 6.61 Å². The predicted octanol–water partition coefficient (Wildman–Crippen LogP) is 5.34. The van der Waals surface area contributed by atoms with Crippen molar-refractivity contribution in [2.24, 2.45) is 52.3 Å². The van der Waals surface area contributed by atoms with Crippen molar-refractivity contribution in [2.45, 2.75) is 117 Å². The number of carbonyl (C=O) groups is 1. The van der Waals surface area contributed by atoms with Gasteiger partial charge in [-0.05, 0) is 104 Å². The molecule has 1 spiro atoms. The SMILES string of the molecule is CC(=O)O[C@@H]1CC[C@@]2(C)[C@H](CC[C@@H]3[C@@H]2CC[C@]2(C)[C@H]4[C@H](C)[C@@H](O)[C@@]5(C[C@@H](C)CO5)O[C@H]4C[C@@H]32)C1. The molecular formula is C29H46O5. The minimum atomic E-state index is -0.776. The fourth-order valence-corrected chi connectivity index (χ4v) is 10.7. The van der Waals surface area contributed by atoms with Crippen molar-refractivity contribution in [1.82, 2.24) is 0 Å². The van der Waals surface area contributed by atoms with Crippen molar-refractivity contribution in [3.05, 3.63) is 0 Å². The molecule has 192 valence electrons. The normalized spacial score (nSPS) is 58.5. The molecule has 1 N–H and O–H groups in total. The van der Waals surface area contributed by atoms with E-state index in [1.165, 1.54) is 32.1 Å². The van der Waals surface area contributed by atoms with Crippen molar-refractivity contribution in [1.29, 1.82) is 0 Å². The number of ether oxygens (including phenoxy) is 3. The molecule has 4 saturated carbocycles. The number of hydrogen-bond donors (Lipinski definition) is 1. The molecule has 13 atom stereocenters. The quantitative estimate of drug-likeness (QED) is 0.520. The largest absolute Gasteiger partial charge is 0.463 e. The molecule has 6 rings (SSSR count). The third kappa shape index (κ3) is 3.24. The lowest BCUT2D eigenvalue weighted by atomic mass is 9.44. The first-order chi connectivity index (χ1) is 16.1. The van der Waals surface area contributed by atoms with Crippen LogP contribution in [0.3, 0.4) is 0 Å². The van der Waals surface area contributed by atoms with Crippen LogP contribution in [0.5, 0.6) is 0 Å². The Kier molecular flexibility index (Phi) is 5.53. The molecule has 0 bridgehead atoms. The molecule has 0 aromatic heterocycles. The van der Waals surface area contributed by atoms with Crippen LogP contribution in [0, 0.1) is 52.3 Å². The Balaban J connectivity index is 1.24. The van der Waals surface area contributed by atoms with Gasteiger partial charge >= 0.3 is 5.97 Å². The molecule has 2 aliphatic heterocycles. The van der Waals surface area contributed by atoms with E-state index >= 15 is 0 Å². The lowest BCUT2D eigenvalue weighted by molar-refractivity contribution is -0.330. The summed E-state index contributed by atoms with van der Waals surface area (Å²) >= 11 is 0. The molecule has 34 heavy (non-hydrogen) atoms. The van der Waals surface area contributed by atoms with Gasteiger partial charge in [0.2, 0.25) is 0 Å². The molecule has 0 unspecified atom stereocenters. The topological polar surface area (TPSA) is 65.0 Å². The molecule has 4 aliphatic carbocycles. The smallest absolute Gasteiger partial charge is 0.302 e. The third-order valence-electron chi connectivity index (χ3n) is 12.1. The average Bonchev–Trinajstić information content (AvgIpc) is 3.29. The van der Waals surface area contributed by atoms with Gasteiger partial charge < -0.3 is 19.3 Å². The van der Waals surface area contributed by atoms with Crippen LogP contribution in [0.15, 0.2) is 0 Å². The van der Waals surface area contributed by atoms with Gasteiger partial charge in [-0.2, -0.15) is 0 Å². The lowest BCUT2D eigenvalue weighted by Crippen LogP contribution is -2.60. The molecule has 2 heterocycles. The zero-order valence-corrected chi connectivity index (χ0v) is 21.9. The molecule has 6 fully saturated rings. The van der Waals surface area contributed by atoms with Gasteiger partial charge in [-0.25, -0.2) is 0 Å². The Morgan fingerprint density at radius 3 is 2.47 bits per heavy atom. The summed E-state index contributed by atoms with van der Waals surface area (Å²) in [5.41, 5.74) is 0.613. The highest BCUT2D eigenvalue weighted by Crippen LogP contribution is 2.70. The van der Waals surface area contributed by atoms with Crippen molar-refractivity contribution in [3.8, 4) is 0 Å². The first-order valence-electron chi connectivity index (χ1n) is 14.2. The fourth-order valence-electron chi connectivity index (χ4n) is 10.7. The second-order valence-corrected chi connectivity index (χ2v) is 13.9. The molecule has 5 nitrogen and oxygen atoms in total. The first kappa shape index (κ1) is 23.7. The standard InChI is InChI=1S/C29H46O5/c1-16-14-29(32-15-16)26(31)17(2)25-24(34-29)13-23-21-7-6-19-12-20(33-18(3)30)8-10-27(19,4)22(21)9-11-28(23,25)5/h16-17,19-26,31H,6-15H2,1-5H3/t16-,17+,19-,20-,21-,22+,23+,24+,25+,26-,27+,28+,29-/m1/s1. The highest BCUT2D eigenvalue weighted by Gasteiger charge is 2.68. The zero-order chi connectivity index (χ0) is 24.0. The zero-order valence-electron chi connectivity index (χ0n) is 21.9. The second kappa shape index (κ2) is 7.92. The van der Waals surface area contributed by atoms with Crippen LogP contribution in [-0.2, 0) is 19.0 Å². The van der Waals surface area contributed by atoms with E-state index in [-0.39, 0.29) is 29.5 Å². The van der Waals surface area contributed by atoms with E-state index in [4.69, 9.17) is 14.2 Å². The predicted molar refractivity (Wildman–Crippen MR) is 129 cm³/mol. The molecule has 0 aromatic carbocycles. The fraction of sp³-hybridized carbons (Fsp3) is 0.966. The van der Waals surface area contributed by atoms with Gasteiger partial charge in [0.05, 0.1) is 12.7 Å². The number of fused-ring (bicyclic) bond motifs is 7. The van der Waals surface area contributed by atoms with Crippen LogP contribution in [0.1, 0.15) is 92.4 Å². The van der Waals surface area contributed by atoms with E-state index in [2.05, 4.69) is 27.7 Å². The monoisotopic (exact) mass is 474 g/mol. The number of esters is 1. The summed E-state index contributed by atoms with van der Waals surface area (Å²) in [5, 5.41) is 11.4. The van der Waals surface area contributed by atoms with E-state index in [9.17, 15) is 9.90 Å². The maximum atomic E-state index is 11.6. The summed E-state index contributed by atoms with van der Waals surface area (Å²) in [6.07, 6.45) is 10.1. The minimum Gasteiger partial charge on any atom is -0.463 e. The Labute approximate surface area is 205 Å². The highest BCUT2D eigenvalue weighted by molar-refractivity contribution is 5.66. The van der Waals surface area contributed by atoms with Gasteiger partial charge in [0.15, 0.2) is 5.79 Å². The van der Waals surface area contributed by atoms with E-state index in [0.717, 1.165) is 37.5 Å². The van der Waals surface area contributed by atoms with Crippen LogP contribution >= 0.6 is 0 Å². The summed E-state index contributed by atoms with van der Waals surface area (Å²) in [6, 6.07) is 0. The molecule has 0 aromatic rings. The first-order valence-corrected chi connectivity index (χ1v) is 14.2. The van der Waals surface area contributed by atoms with Crippen LogP contribution in [-0.4, -0.2) is 41.8 Å². The Bertz CT molecular complexity index is 829. The summed E-state index contributed by atoms with van der Waals surface area (Å²) in [4.78, 5) is 11.6. The summed E-state index contributed by atoms with van der Waals surface area (Å²) in [6.45, 7) is 11.8. The van der Waals surface area contributed by atoms with E-state index in [1.807, 2.05) is 0 Å². The number of rotatable bonds is 1. The second-order valence-electron chi connectivity index (χ2n) is 13.9. The molecule has 2 saturated heterocycles. The van der Waals surface area contributed by atoms with E-state index in [1.54, 1.807) is 6.92 Å². The average molecular weight is 475 g/mol. The molecule has 0 radical (unpaired) electrons. The highest BCUT2D eigenvalue weighted by atomic mass is 16.7. The van der Waals surface area contributed by atoms with Gasteiger partial charge in [-0.3, -0.25) is 4.79 Å². The molecular weight excluding hydrogens is 428 g/mol. The van der Waals surface area contributed by atoms with Crippen LogP contribution < -0.4 is 0 Å². The number of carbonyl (C=O) groups excluding carboxylic acids is 1. The number of aliphatic hydroxyl groups is 1. The van der Waals surface area contributed by atoms with Crippen molar-refractivity contribution < 1.29 is 24.1 Å². The van der Waals surface area contributed by atoms with Gasteiger partial charge in [-0.1, -0.05) is 27.7 Å². The molecule has 6 aliphatic rings. The molecule has 0 amide bonds. The van der Waals surface area contributed by atoms with Crippen LogP contribution in [0.4, 0.5) is 0 Å². The summed E-state index contributed by atoms with van der Waals surface area (Å²) in [5.74, 6) is 3.04. The van der Waals surface area contributed by atoms with E-state index in [0.29, 0.717) is 35.7 Å². The number of aliphatic hydroxyl groups excluding tert-OH is 1. The van der Waals surface area contributed by atoms with Gasteiger partial charge in [-0.15, -0.1) is 0 Å². The van der Waals surface area contributed by atoms with Gasteiger partial charge in [0.1, 0.15) is 12.2 Å². The Hall–Kier alpha value is -0.650. The number of hydrogen-bond acceptors (Lipinski definition) is 5. The Morgan fingerprint density at radius 2 is 1.76 bits per heavy atom. The van der Waals surface area contributed by atoms with E-state index < -0.39 is 11.9 Å². The third-order valence-corrected chi connectivity index (χ3v) is 12.1. The molecule has 5 heteroatoms. The lowest BCUT2D eigenvalue weighted by Gasteiger charge is -2.61. The Morgan fingerprint density at radius 1 is 1.00 bits per heavy atom. The summed E-state index contributed by atoms with van der Waals surface area (Å²) in [7, 11) is 0. The van der Waals surface area contributed by atoms with Crippen LogP contribution in [0.2, 0.25) is 0 Å². The maximum absolute atomic E-state index is 11.6. The van der Waals surface area contributed by atoms with Gasteiger partial charge in [0, 0.05) is 13.3 Å². The van der Waals surface area contributed by atoms with Gasteiger partial charge in [0.25, 0.3) is 0 Å². The van der Waals surface area contributed by atoms with Crippen molar-refractivity contribution >= 4 is 5.97 Å². The minimum absolute atomic E-state index is 0.121. The van der Waals surface area contributed by atoms with Crippen molar-refractivity contribution in [3.63, 3.8) is 0 Å². The van der Waals surface area contributed by atoms with Crippen LogP contribution in [0.25, 0.3) is 0 Å².